The molecule has 0 radical (unpaired) electrons. The molecule has 318 valence electrons. The Labute approximate surface area is 387 Å². The number of hydrogen-bond acceptors (Lipinski definition) is 2. The zero-order valence-electron chi connectivity index (χ0n) is 37.1. The van der Waals surface area contributed by atoms with Crippen LogP contribution in [0, 0.1) is 23.7 Å². The molecule has 66 heavy (non-hydrogen) atoms. The molecule has 6 aliphatic rings. The van der Waals surface area contributed by atoms with Gasteiger partial charge in [0.2, 0.25) is 0 Å². The van der Waals surface area contributed by atoms with Crippen LogP contribution in [0.5, 0.6) is 0 Å². The number of fused-ring (bicyclic) bond motifs is 6. The van der Waals surface area contributed by atoms with Crippen LogP contribution in [0.1, 0.15) is 55.2 Å². The number of hydrogen-bond donors (Lipinski definition) is 0. The van der Waals surface area contributed by atoms with Crippen LogP contribution in [-0.2, 0) is 5.41 Å². The van der Waals surface area contributed by atoms with Crippen molar-refractivity contribution >= 4 is 38.9 Å². The van der Waals surface area contributed by atoms with Crippen LogP contribution in [0.25, 0.3) is 72.0 Å². The molecule has 6 aliphatic carbocycles. The molecule has 0 N–H and O–H groups in total. The Morgan fingerprint density at radius 1 is 0.455 bits per heavy atom. The van der Waals surface area contributed by atoms with Crippen molar-refractivity contribution in [1.82, 2.24) is 0 Å². The number of furan rings is 1. The molecule has 1 unspecified atom stereocenters. The molecule has 2 nitrogen and oxygen atoms in total. The van der Waals surface area contributed by atoms with E-state index in [2.05, 4.69) is 211 Å². The van der Waals surface area contributed by atoms with Crippen LogP contribution in [-0.4, -0.2) is 6.04 Å². The highest BCUT2D eigenvalue weighted by Crippen LogP contribution is 2.69. The van der Waals surface area contributed by atoms with Gasteiger partial charge in [-0.05, 0) is 177 Å². The molecule has 8 aromatic carbocycles. The van der Waals surface area contributed by atoms with Gasteiger partial charge in [-0.15, -0.1) is 0 Å². The van der Waals surface area contributed by atoms with Gasteiger partial charge >= 0.3 is 0 Å². The standard InChI is InChI=1S/C64H51NO/c1-2-11-43(12-3-1)44-23-28-53(29-24-44)65(60-20-10-22-62-63(60)56-18-5-7-21-61(56)66-62)54-30-25-45(26-31-54)46-13-8-14-47(38-46)48-15-9-16-49(39-48)50-27-32-59-57(40-50)55-17-4-6-19-58(55)64(59)51-34-41-33-42(36-51)37-52(64)35-41/h1-30,32,38-42,51-52,54H,31,33-37H2. The highest BCUT2D eigenvalue weighted by Gasteiger charge is 2.61. The molecule has 0 saturated heterocycles. The number of para-hydroxylation sites is 1. The van der Waals surface area contributed by atoms with Crippen LogP contribution in [0.4, 0.5) is 11.4 Å². The van der Waals surface area contributed by atoms with Crippen molar-refractivity contribution in [1.29, 1.82) is 0 Å². The van der Waals surface area contributed by atoms with Gasteiger partial charge in [0, 0.05) is 16.5 Å². The third-order valence-corrected chi connectivity index (χ3v) is 16.6. The maximum atomic E-state index is 6.41. The molecular weight excluding hydrogens is 799 g/mol. The molecular formula is C64H51NO. The maximum Gasteiger partial charge on any atom is 0.137 e. The van der Waals surface area contributed by atoms with Gasteiger partial charge in [0.25, 0.3) is 0 Å². The lowest BCUT2D eigenvalue weighted by molar-refractivity contribution is -0.0399. The number of benzene rings is 8. The summed E-state index contributed by atoms with van der Waals surface area (Å²) in [5, 5.41) is 2.29. The minimum Gasteiger partial charge on any atom is -0.456 e. The molecule has 2 heteroatoms. The fourth-order valence-corrected chi connectivity index (χ4v) is 14.0. The second kappa shape index (κ2) is 14.9. The summed E-state index contributed by atoms with van der Waals surface area (Å²) < 4.78 is 6.41. The summed E-state index contributed by atoms with van der Waals surface area (Å²) >= 11 is 0. The Balaban J connectivity index is 0.776. The summed E-state index contributed by atoms with van der Waals surface area (Å²) in [5.41, 5.74) is 20.5. The fourth-order valence-electron chi connectivity index (χ4n) is 14.0. The van der Waals surface area contributed by atoms with Crippen LogP contribution >= 0.6 is 0 Å². The van der Waals surface area contributed by atoms with Gasteiger partial charge in [-0.3, -0.25) is 0 Å². The molecule has 15 rings (SSSR count). The molecule has 1 heterocycles. The molecule has 4 fully saturated rings. The first kappa shape index (κ1) is 38.1. The first-order valence-electron chi connectivity index (χ1n) is 24.3. The molecule has 0 aliphatic heterocycles. The number of nitrogens with zero attached hydrogens (tertiary/aromatic N) is 1. The van der Waals surface area contributed by atoms with E-state index in [0.29, 0.717) is 0 Å². The van der Waals surface area contributed by atoms with E-state index in [0.717, 1.165) is 63.4 Å². The van der Waals surface area contributed by atoms with E-state index < -0.39 is 0 Å². The van der Waals surface area contributed by atoms with Gasteiger partial charge in [-0.25, -0.2) is 0 Å². The molecule has 0 amide bonds. The van der Waals surface area contributed by atoms with Crippen molar-refractivity contribution in [3.63, 3.8) is 0 Å². The summed E-state index contributed by atoms with van der Waals surface area (Å²) in [6, 6.07) is 70.0. The van der Waals surface area contributed by atoms with Crippen LogP contribution < -0.4 is 4.90 Å². The van der Waals surface area contributed by atoms with Gasteiger partial charge in [0.15, 0.2) is 0 Å². The van der Waals surface area contributed by atoms with E-state index in [4.69, 9.17) is 4.42 Å². The van der Waals surface area contributed by atoms with Gasteiger partial charge in [0.05, 0.1) is 17.1 Å². The normalized spacial score (nSPS) is 23.3. The Morgan fingerprint density at radius 2 is 1.05 bits per heavy atom. The largest absolute Gasteiger partial charge is 0.456 e. The molecule has 4 bridgehead atoms. The molecule has 1 atom stereocenters. The average Bonchev–Trinajstić information content (AvgIpc) is 3.90. The summed E-state index contributed by atoms with van der Waals surface area (Å²) in [6.45, 7) is 0. The second-order valence-corrected chi connectivity index (χ2v) is 20.0. The van der Waals surface area contributed by atoms with Crippen LogP contribution in [0.2, 0.25) is 0 Å². The topological polar surface area (TPSA) is 16.4 Å². The van der Waals surface area contributed by atoms with Crippen molar-refractivity contribution < 1.29 is 4.42 Å². The summed E-state index contributed by atoms with van der Waals surface area (Å²) in [4.78, 5) is 2.51. The Hall–Kier alpha value is -7.16. The lowest BCUT2D eigenvalue weighted by atomic mass is 9.43. The Kier molecular flexibility index (Phi) is 8.63. The maximum absolute atomic E-state index is 6.41. The minimum atomic E-state index is 0.105. The van der Waals surface area contributed by atoms with E-state index in [1.165, 1.54) is 87.7 Å². The lowest BCUT2D eigenvalue weighted by Gasteiger charge is -2.61. The lowest BCUT2D eigenvalue weighted by Crippen LogP contribution is -2.55. The molecule has 1 aromatic heterocycles. The predicted molar refractivity (Wildman–Crippen MR) is 274 cm³/mol. The average molecular weight is 850 g/mol. The summed E-state index contributed by atoms with van der Waals surface area (Å²) in [7, 11) is 0. The van der Waals surface area contributed by atoms with Gasteiger partial charge in [-0.1, -0.05) is 158 Å². The zero-order valence-corrected chi connectivity index (χ0v) is 37.1. The minimum absolute atomic E-state index is 0.105. The van der Waals surface area contributed by atoms with Gasteiger partial charge in [0.1, 0.15) is 11.2 Å². The number of allylic oxidation sites excluding steroid dienone is 2. The highest BCUT2D eigenvalue weighted by atomic mass is 16.3. The van der Waals surface area contributed by atoms with Crippen molar-refractivity contribution in [3.8, 4) is 44.5 Å². The number of rotatable bonds is 7. The fraction of sp³-hybridized carbons (Fsp3) is 0.188. The van der Waals surface area contributed by atoms with Crippen LogP contribution in [0.3, 0.4) is 0 Å². The molecule has 9 aromatic rings. The monoisotopic (exact) mass is 849 g/mol. The van der Waals surface area contributed by atoms with Crippen molar-refractivity contribution in [2.24, 2.45) is 23.7 Å². The predicted octanol–water partition coefficient (Wildman–Crippen LogP) is 16.9. The molecule has 4 saturated carbocycles. The Bertz CT molecular complexity index is 3390. The highest BCUT2D eigenvalue weighted by molar-refractivity contribution is 6.12. The van der Waals surface area contributed by atoms with E-state index in [1.54, 1.807) is 11.1 Å². The zero-order chi connectivity index (χ0) is 43.3. The summed E-state index contributed by atoms with van der Waals surface area (Å²) in [6.07, 6.45) is 15.2. The van der Waals surface area contributed by atoms with Crippen molar-refractivity contribution in [2.75, 3.05) is 4.90 Å². The first-order chi connectivity index (χ1) is 32.7. The van der Waals surface area contributed by atoms with E-state index >= 15 is 0 Å². The van der Waals surface area contributed by atoms with Crippen molar-refractivity contribution in [2.45, 2.75) is 50.0 Å². The first-order valence-corrected chi connectivity index (χ1v) is 24.3. The quantitative estimate of drug-likeness (QED) is 0.159. The van der Waals surface area contributed by atoms with E-state index in [1.807, 2.05) is 0 Å². The van der Waals surface area contributed by atoms with E-state index in [9.17, 15) is 0 Å². The van der Waals surface area contributed by atoms with Gasteiger partial charge in [-0.2, -0.15) is 0 Å². The van der Waals surface area contributed by atoms with Crippen LogP contribution in [0.15, 0.2) is 211 Å². The smallest absolute Gasteiger partial charge is 0.137 e. The molecule has 1 spiro atoms. The third-order valence-electron chi connectivity index (χ3n) is 16.6. The summed E-state index contributed by atoms with van der Waals surface area (Å²) in [5.74, 6) is 3.47. The SMILES string of the molecule is C1=CC(N(c2ccc(-c3ccccc3)cc2)c2cccc3oc4ccccc4c23)CC=C1c1cccc(-c2cccc(-c3ccc4c(c3)-c3ccccc3C43C4CC5CC(C4)CC3C5)c2)c1. The Morgan fingerprint density at radius 3 is 1.80 bits per heavy atom. The second-order valence-electron chi connectivity index (χ2n) is 20.0. The van der Waals surface area contributed by atoms with Gasteiger partial charge < -0.3 is 9.32 Å². The van der Waals surface area contributed by atoms with Crippen molar-refractivity contribution in [3.05, 3.63) is 223 Å². The third kappa shape index (κ3) is 5.86. The van der Waals surface area contributed by atoms with E-state index in [-0.39, 0.29) is 11.5 Å². The number of anilines is 2.